The number of nitrogens with one attached hydrogen (secondary N) is 1. The summed E-state index contributed by atoms with van der Waals surface area (Å²) in [4.78, 5) is 30.8. The second kappa shape index (κ2) is 8.37. The minimum atomic E-state index is -0.250. The molecule has 29 heavy (non-hydrogen) atoms. The minimum absolute atomic E-state index is 0.104. The highest BCUT2D eigenvalue weighted by atomic mass is 32.1. The van der Waals surface area contributed by atoms with Gasteiger partial charge in [0, 0.05) is 11.3 Å². The SMILES string of the molecule is Cc1sc2ncn(NC(=O)CCCOc3ccc(C(C)(C)C)cc3)c(=O)c2c1C. The molecule has 1 amide bonds. The Balaban J connectivity index is 1.52. The van der Waals surface area contributed by atoms with Gasteiger partial charge in [-0.1, -0.05) is 32.9 Å². The molecule has 0 saturated heterocycles. The largest absolute Gasteiger partial charge is 0.494 e. The van der Waals surface area contributed by atoms with E-state index in [1.165, 1.54) is 23.2 Å². The van der Waals surface area contributed by atoms with Crippen molar-refractivity contribution < 1.29 is 9.53 Å². The first kappa shape index (κ1) is 21.0. The van der Waals surface area contributed by atoms with Gasteiger partial charge in [-0.2, -0.15) is 0 Å². The van der Waals surface area contributed by atoms with Gasteiger partial charge in [-0.15, -0.1) is 11.3 Å². The molecule has 1 aromatic carbocycles. The van der Waals surface area contributed by atoms with Crippen LogP contribution in [0.15, 0.2) is 35.4 Å². The van der Waals surface area contributed by atoms with Gasteiger partial charge in [-0.05, 0) is 48.9 Å². The van der Waals surface area contributed by atoms with Crippen molar-refractivity contribution in [2.75, 3.05) is 12.0 Å². The highest BCUT2D eigenvalue weighted by molar-refractivity contribution is 7.18. The molecule has 0 atom stereocenters. The van der Waals surface area contributed by atoms with E-state index in [4.69, 9.17) is 4.74 Å². The monoisotopic (exact) mass is 413 g/mol. The molecule has 7 heteroatoms. The molecule has 154 valence electrons. The first-order valence-electron chi connectivity index (χ1n) is 9.67. The molecule has 2 heterocycles. The topological polar surface area (TPSA) is 73.2 Å². The van der Waals surface area contributed by atoms with Crippen LogP contribution < -0.4 is 15.7 Å². The number of rotatable bonds is 6. The summed E-state index contributed by atoms with van der Waals surface area (Å²) in [7, 11) is 0. The van der Waals surface area contributed by atoms with Crippen LogP contribution in [-0.4, -0.2) is 22.2 Å². The number of thiophene rings is 1. The average molecular weight is 414 g/mol. The second-order valence-electron chi connectivity index (χ2n) is 8.14. The molecule has 3 aromatic rings. The average Bonchev–Trinajstić information content (AvgIpc) is 2.95. The summed E-state index contributed by atoms with van der Waals surface area (Å²) in [5.41, 5.74) is 4.63. The van der Waals surface area contributed by atoms with Crippen LogP contribution in [0.3, 0.4) is 0 Å². The third-order valence-corrected chi connectivity index (χ3v) is 5.99. The zero-order chi connectivity index (χ0) is 21.2. The molecular formula is C22H27N3O3S. The summed E-state index contributed by atoms with van der Waals surface area (Å²) in [5.74, 6) is 0.539. The number of hydrogen-bond donors (Lipinski definition) is 1. The Bertz CT molecular complexity index is 1080. The summed E-state index contributed by atoms with van der Waals surface area (Å²) in [6.45, 7) is 10.8. The van der Waals surface area contributed by atoms with Crippen molar-refractivity contribution in [3.05, 3.63) is 57.0 Å². The molecule has 0 spiro atoms. The van der Waals surface area contributed by atoms with Gasteiger partial charge in [0.2, 0.25) is 5.91 Å². The molecule has 0 bridgehead atoms. The van der Waals surface area contributed by atoms with Crippen molar-refractivity contribution in [1.82, 2.24) is 9.66 Å². The highest BCUT2D eigenvalue weighted by Gasteiger charge is 2.14. The third kappa shape index (κ3) is 4.85. The van der Waals surface area contributed by atoms with Gasteiger partial charge in [0.25, 0.3) is 5.56 Å². The lowest BCUT2D eigenvalue weighted by Crippen LogP contribution is -2.33. The van der Waals surface area contributed by atoms with E-state index < -0.39 is 0 Å². The van der Waals surface area contributed by atoms with E-state index in [1.807, 2.05) is 26.0 Å². The van der Waals surface area contributed by atoms with Crippen LogP contribution in [0.5, 0.6) is 5.75 Å². The first-order chi connectivity index (χ1) is 13.7. The Morgan fingerprint density at radius 1 is 1.21 bits per heavy atom. The fraction of sp³-hybridized carbons (Fsp3) is 0.409. The van der Waals surface area contributed by atoms with Crippen LogP contribution in [0.2, 0.25) is 0 Å². The number of aromatic nitrogens is 2. The maximum Gasteiger partial charge on any atom is 0.281 e. The van der Waals surface area contributed by atoms with Crippen LogP contribution in [0.25, 0.3) is 10.2 Å². The molecule has 0 radical (unpaired) electrons. The van der Waals surface area contributed by atoms with Crippen molar-refractivity contribution in [1.29, 1.82) is 0 Å². The van der Waals surface area contributed by atoms with Crippen LogP contribution >= 0.6 is 11.3 Å². The van der Waals surface area contributed by atoms with E-state index in [0.29, 0.717) is 23.2 Å². The number of carbonyl (C=O) groups excluding carboxylic acids is 1. The normalized spacial score (nSPS) is 11.6. The number of amides is 1. The van der Waals surface area contributed by atoms with E-state index >= 15 is 0 Å². The molecule has 1 N–H and O–H groups in total. The van der Waals surface area contributed by atoms with Gasteiger partial charge in [-0.3, -0.25) is 15.0 Å². The summed E-state index contributed by atoms with van der Waals surface area (Å²) in [6, 6.07) is 8.02. The highest BCUT2D eigenvalue weighted by Crippen LogP contribution is 2.25. The smallest absolute Gasteiger partial charge is 0.281 e. The second-order valence-corrected chi connectivity index (χ2v) is 9.35. The maximum absolute atomic E-state index is 12.6. The van der Waals surface area contributed by atoms with Gasteiger partial charge in [0.1, 0.15) is 16.9 Å². The number of nitrogens with zero attached hydrogens (tertiary/aromatic N) is 2. The number of aryl methyl sites for hydroxylation is 2. The summed E-state index contributed by atoms with van der Waals surface area (Å²) in [5, 5.41) is 0.567. The molecular weight excluding hydrogens is 386 g/mol. The van der Waals surface area contributed by atoms with Crippen molar-refractivity contribution >= 4 is 27.5 Å². The molecule has 6 nitrogen and oxygen atoms in total. The predicted octanol–water partition coefficient (Wildman–Crippen LogP) is 4.30. The zero-order valence-corrected chi connectivity index (χ0v) is 18.4. The Labute approximate surface area is 174 Å². The Morgan fingerprint density at radius 2 is 1.90 bits per heavy atom. The lowest BCUT2D eigenvalue weighted by molar-refractivity contribution is -0.117. The first-order valence-corrected chi connectivity index (χ1v) is 10.5. The molecule has 3 rings (SSSR count). The Hall–Kier alpha value is -2.67. The van der Waals surface area contributed by atoms with Gasteiger partial charge < -0.3 is 4.74 Å². The zero-order valence-electron chi connectivity index (χ0n) is 17.5. The molecule has 0 fully saturated rings. The quantitative estimate of drug-likeness (QED) is 0.612. The van der Waals surface area contributed by atoms with Crippen LogP contribution in [0.4, 0.5) is 0 Å². The van der Waals surface area contributed by atoms with E-state index in [9.17, 15) is 9.59 Å². The van der Waals surface area contributed by atoms with Crippen molar-refractivity contribution in [2.24, 2.45) is 0 Å². The van der Waals surface area contributed by atoms with E-state index in [2.05, 4.69) is 43.3 Å². The number of fused-ring (bicyclic) bond motifs is 1. The van der Waals surface area contributed by atoms with Crippen LogP contribution in [0.1, 0.15) is 49.6 Å². The fourth-order valence-electron chi connectivity index (χ4n) is 2.98. The van der Waals surface area contributed by atoms with E-state index in [1.54, 1.807) is 0 Å². The van der Waals surface area contributed by atoms with Gasteiger partial charge in [0.15, 0.2) is 0 Å². The lowest BCUT2D eigenvalue weighted by atomic mass is 9.87. The van der Waals surface area contributed by atoms with Gasteiger partial charge >= 0.3 is 0 Å². The Morgan fingerprint density at radius 3 is 2.55 bits per heavy atom. The third-order valence-electron chi connectivity index (χ3n) is 4.87. The lowest BCUT2D eigenvalue weighted by Gasteiger charge is -2.19. The number of benzene rings is 1. The van der Waals surface area contributed by atoms with E-state index in [-0.39, 0.29) is 23.3 Å². The molecule has 0 saturated carbocycles. The molecule has 2 aromatic heterocycles. The summed E-state index contributed by atoms with van der Waals surface area (Å²) < 4.78 is 6.88. The molecule has 0 unspecified atom stereocenters. The van der Waals surface area contributed by atoms with Gasteiger partial charge in [-0.25, -0.2) is 9.66 Å². The fourth-order valence-corrected chi connectivity index (χ4v) is 3.97. The molecule has 0 aliphatic rings. The predicted molar refractivity (Wildman–Crippen MR) is 118 cm³/mol. The number of ether oxygens (including phenoxy) is 1. The Kier molecular flexibility index (Phi) is 6.07. The minimum Gasteiger partial charge on any atom is -0.494 e. The number of carbonyl (C=O) groups is 1. The van der Waals surface area contributed by atoms with E-state index in [0.717, 1.165) is 20.9 Å². The van der Waals surface area contributed by atoms with Crippen molar-refractivity contribution in [3.63, 3.8) is 0 Å². The number of hydrogen-bond acceptors (Lipinski definition) is 5. The molecule has 0 aliphatic heterocycles. The van der Waals surface area contributed by atoms with Crippen LogP contribution in [-0.2, 0) is 10.2 Å². The summed E-state index contributed by atoms with van der Waals surface area (Å²) in [6.07, 6.45) is 2.17. The van der Waals surface area contributed by atoms with Crippen molar-refractivity contribution in [3.8, 4) is 5.75 Å². The molecule has 0 aliphatic carbocycles. The standard InChI is InChI=1S/C22H27N3O3S/c1-14-15(2)29-20-19(14)21(27)25(13-23-20)24-18(26)7-6-12-28-17-10-8-16(9-11-17)22(3,4)5/h8-11,13H,6-7,12H2,1-5H3,(H,24,26). The maximum atomic E-state index is 12.6. The van der Waals surface area contributed by atoms with Crippen LogP contribution in [0, 0.1) is 13.8 Å². The van der Waals surface area contributed by atoms with Crippen molar-refractivity contribution in [2.45, 2.75) is 52.9 Å². The van der Waals surface area contributed by atoms with Gasteiger partial charge in [0.05, 0.1) is 12.0 Å². The summed E-state index contributed by atoms with van der Waals surface area (Å²) >= 11 is 1.48.